The van der Waals surface area contributed by atoms with Crippen LogP contribution in [0.4, 0.5) is 10.2 Å². The third-order valence-corrected chi connectivity index (χ3v) is 4.33. The number of H-pyrrole nitrogens is 1. The van der Waals surface area contributed by atoms with Crippen molar-refractivity contribution in [2.24, 2.45) is 0 Å². The van der Waals surface area contributed by atoms with Crippen LogP contribution < -0.4 is 4.90 Å². The molecule has 1 N–H and O–H groups in total. The smallest absolute Gasteiger partial charge is 0.156 e. The third kappa shape index (κ3) is 2.45. The molecular weight excluding hydrogens is 281 g/mol. The number of halogens is 1. The first-order chi connectivity index (χ1) is 10.7. The summed E-state index contributed by atoms with van der Waals surface area (Å²) < 4.78 is 13.0. The molecule has 0 radical (unpaired) electrons. The fourth-order valence-electron chi connectivity index (χ4n) is 2.72. The first-order valence-corrected chi connectivity index (χ1v) is 7.58. The van der Waals surface area contributed by atoms with Gasteiger partial charge in [-0.2, -0.15) is 5.10 Å². The van der Waals surface area contributed by atoms with Crippen molar-refractivity contribution in [3.63, 3.8) is 0 Å². The number of pyridine rings is 1. The lowest BCUT2D eigenvalue weighted by molar-refractivity contribution is 0.316. The zero-order valence-corrected chi connectivity index (χ0v) is 12.4. The van der Waals surface area contributed by atoms with E-state index in [0.29, 0.717) is 5.92 Å². The van der Waals surface area contributed by atoms with Gasteiger partial charge in [-0.1, -0.05) is 0 Å². The Balaban J connectivity index is 1.45. The summed E-state index contributed by atoms with van der Waals surface area (Å²) in [5, 5.41) is 7.52. The molecule has 5 nitrogen and oxygen atoms in total. The van der Waals surface area contributed by atoms with Gasteiger partial charge >= 0.3 is 0 Å². The minimum absolute atomic E-state index is 0.0868. The Labute approximate surface area is 128 Å². The molecule has 0 amide bonds. The molecule has 3 heterocycles. The van der Waals surface area contributed by atoms with E-state index in [1.54, 1.807) is 6.07 Å². The van der Waals surface area contributed by atoms with Crippen molar-refractivity contribution < 1.29 is 4.39 Å². The van der Waals surface area contributed by atoms with Crippen LogP contribution in [0, 0.1) is 5.82 Å². The summed E-state index contributed by atoms with van der Waals surface area (Å²) in [5.41, 5.74) is 2.09. The lowest BCUT2D eigenvalue weighted by Gasteiger charge is -2.25. The van der Waals surface area contributed by atoms with Crippen LogP contribution >= 0.6 is 0 Å². The van der Waals surface area contributed by atoms with E-state index in [2.05, 4.69) is 38.0 Å². The molecule has 4 rings (SSSR count). The van der Waals surface area contributed by atoms with Gasteiger partial charge < -0.3 is 9.80 Å². The molecule has 0 unspecified atom stereocenters. The Morgan fingerprint density at radius 3 is 2.91 bits per heavy atom. The Morgan fingerprint density at radius 2 is 2.18 bits per heavy atom. The predicted octanol–water partition coefficient (Wildman–Crippen LogP) is 3.13. The van der Waals surface area contributed by atoms with Crippen molar-refractivity contribution in [3.05, 3.63) is 54.0 Å². The Bertz CT molecular complexity index is 689. The summed E-state index contributed by atoms with van der Waals surface area (Å²) in [6.45, 7) is 2.78. The van der Waals surface area contributed by atoms with Crippen molar-refractivity contribution in [1.82, 2.24) is 20.1 Å². The highest BCUT2D eigenvalue weighted by Crippen LogP contribution is 2.40. The lowest BCUT2D eigenvalue weighted by atomic mass is 10.2. The molecule has 1 fully saturated rings. The molecule has 0 aromatic carbocycles. The van der Waals surface area contributed by atoms with Crippen molar-refractivity contribution in [2.75, 3.05) is 11.6 Å². The summed E-state index contributed by atoms with van der Waals surface area (Å²) in [4.78, 5) is 8.42. The molecule has 1 aliphatic carbocycles. The zero-order valence-electron chi connectivity index (χ0n) is 12.4. The van der Waals surface area contributed by atoms with Crippen LogP contribution in [0.15, 0.2) is 36.8 Å². The summed E-state index contributed by atoms with van der Waals surface area (Å²) in [7, 11) is 0. The van der Waals surface area contributed by atoms with Gasteiger partial charge in [0.1, 0.15) is 5.82 Å². The second-order valence-corrected chi connectivity index (χ2v) is 5.96. The molecule has 0 spiro atoms. The van der Waals surface area contributed by atoms with Crippen molar-refractivity contribution in [3.8, 4) is 0 Å². The fourth-order valence-corrected chi connectivity index (χ4v) is 2.72. The number of aromatic amines is 1. The van der Waals surface area contributed by atoms with Crippen molar-refractivity contribution in [2.45, 2.75) is 31.7 Å². The van der Waals surface area contributed by atoms with Crippen LogP contribution in [0.5, 0.6) is 0 Å². The van der Waals surface area contributed by atoms with Crippen LogP contribution in [0.25, 0.3) is 0 Å². The van der Waals surface area contributed by atoms with E-state index >= 15 is 0 Å². The van der Waals surface area contributed by atoms with E-state index in [1.165, 1.54) is 30.8 Å². The van der Waals surface area contributed by atoms with E-state index in [9.17, 15) is 4.39 Å². The third-order valence-electron chi connectivity index (χ3n) is 4.33. The Kier molecular flexibility index (Phi) is 3.10. The summed E-state index contributed by atoms with van der Waals surface area (Å²) in [5.74, 6) is 1.31. The molecule has 22 heavy (non-hydrogen) atoms. The SMILES string of the molecule is C[C@@H](c1ccc(F)cn1)N1C=CN(c2cc(C3CC3)[nH]n2)C1. The molecule has 1 aliphatic heterocycles. The van der Waals surface area contributed by atoms with Crippen molar-refractivity contribution in [1.29, 1.82) is 0 Å². The van der Waals surface area contributed by atoms with Crippen LogP contribution in [0.2, 0.25) is 0 Å². The maximum absolute atomic E-state index is 13.0. The molecule has 2 aliphatic rings. The normalized spacial score (nSPS) is 19.0. The number of hydrogen-bond acceptors (Lipinski definition) is 4. The van der Waals surface area contributed by atoms with Crippen LogP contribution in [0.3, 0.4) is 0 Å². The fraction of sp³-hybridized carbons (Fsp3) is 0.375. The van der Waals surface area contributed by atoms with E-state index in [0.717, 1.165) is 18.2 Å². The highest BCUT2D eigenvalue weighted by molar-refractivity contribution is 5.45. The molecule has 0 saturated heterocycles. The first-order valence-electron chi connectivity index (χ1n) is 7.58. The van der Waals surface area contributed by atoms with E-state index in [1.807, 2.05) is 12.4 Å². The van der Waals surface area contributed by atoms with Gasteiger partial charge in [0.2, 0.25) is 0 Å². The number of aromatic nitrogens is 3. The molecule has 1 saturated carbocycles. The monoisotopic (exact) mass is 299 g/mol. The number of nitrogens with zero attached hydrogens (tertiary/aromatic N) is 4. The molecule has 0 bridgehead atoms. The predicted molar refractivity (Wildman–Crippen MR) is 81.5 cm³/mol. The number of rotatable bonds is 4. The molecule has 2 aromatic heterocycles. The van der Waals surface area contributed by atoms with Gasteiger partial charge in [-0.25, -0.2) is 4.39 Å². The number of anilines is 1. The summed E-state index contributed by atoms with van der Waals surface area (Å²) >= 11 is 0. The minimum Gasteiger partial charge on any atom is -0.350 e. The first kappa shape index (κ1) is 13.3. The van der Waals surface area contributed by atoms with Gasteiger partial charge in [0.15, 0.2) is 5.82 Å². The van der Waals surface area contributed by atoms with Gasteiger partial charge in [0.05, 0.1) is 24.6 Å². The van der Waals surface area contributed by atoms with E-state index in [-0.39, 0.29) is 11.9 Å². The number of nitrogens with one attached hydrogen (secondary N) is 1. The maximum atomic E-state index is 13.0. The van der Waals surface area contributed by atoms with Gasteiger partial charge in [0.25, 0.3) is 0 Å². The maximum Gasteiger partial charge on any atom is 0.156 e. The second kappa shape index (κ2) is 5.12. The largest absolute Gasteiger partial charge is 0.350 e. The molecule has 1 atom stereocenters. The van der Waals surface area contributed by atoms with Gasteiger partial charge in [-0.15, -0.1) is 0 Å². The highest BCUT2D eigenvalue weighted by Gasteiger charge is 2.27. The van der Waals surface area contributed by atoms with Gasteiger partial charge in [-0.3, -0.25) is 10.1 Å². The highest BCUT2D eigenvalue weighted by atomic mass is 19.1. The van der Waals surface area contributed by atoms with Crippen LogP contribution in [0.1, 0.15) is 43.1 Å². The van der Waals surface area contributed by atoms with Crippen LogP contribution in [-0.4, -0.2) is 26.7 Å². The summed E-state index contributed by atoms with van der Waals surface area (Å²) in [6.07, 6.45) is 7.83. The quantitative estimate of drug-likeness (QED) is 0.942. The lowest BCUT2D eigenvalue weighted by Crippen LogP contribution is -2.28. The van der Waals surface area contributed by atoms with Gasteiger partial charge in [0, 0.05) is 30.1 Å². The molecule has 2 aromatic rings. The second-order valence-electron chi connectivity index (χ2n) is 5.96. The van der Waals surface area contributed by atoms with E-state index < -0.39 is 0 Å². The molecule has 6 heteroatoms. The number of hydrogen-bond donors (Lipinski definition) is 1. The summed E-state index contributed by atoms with van der Waals surface area (Å²) in [6, 6.07) is 5.40. The van der Waals surface area contributed by atoms with Gasteiger partial charge in [-0.05, 0) is 31.9 Å². The minimum atomic E-state index is -0.307. The Hall–Kier alpha value is -2.37. The average molecular weight is 299 g/mol. The molecular formula is C16H18FN5. The van der Waals surface area contributed by atoms with Crippen molar-refractivity contribution >= 4 is 5.82 Å². The Morgan fingerprint density at radius 1 is 1.32 bits per heavy atom. The van der Waals surface area contributed by atoms with Crippen LogP contribution in [-0.2, 0) is 0 Å². The standard InChI is InChI=1S/C16H18FN5/c1-11(14-5-4-13(17)9-18-14)21-6-7-22(10-21)16-8-15(19-20-16)12-2-3-12/h4-9,11-12H,2-3,10H2,1H3,(H,19,20)/t11-/m0/s1. The zero-order chi connectivity index (χ0) is 15.1. The average Bonchev–Trinajstić information content (AvgIpc) is 3.07. The molecule has 114 valence electrons. The topological polar surface area (TPSA) is 48.1 Å². The van der Waals surface area contributed by atoms with E-state index in [4.69, 9.17) is 0 Å².